The summed E-state index contributed by atoms with van der Waals surface area (Å²) in [5.41, 5.74) is 6.64. The average Bonchev–Trinajstić information content (AvgIpc) is 2.46. The highest BCUT2D eigenvalue weighted by atomic mass is 16.1. The largest absolute Gasteiger partial charge is 0.351 e. The van der Waals surface area contributed by atoms with Crippen LogP contribution in [0.5, 0.6) is 0 Å². The molecule has 0 aliphatic rings. The van der Waals surface area contributed by atoms with Gasteiger partial charge in [0.25, 0.3) is 5.91 Å². The lowest BCUT2D eigenvalue weighted by molar-refractivity contribution is 0.0955. The molecule has 1 amide bonds. The third kappa shape index (κ3) is 3.29. The number of aromatic nitrogens is 4. The molecule has 98 valence electrons. The van der Waals surface area contributed by atoms with Crippen LogP contribution in [0.3, 0.4) is 0 Å². The van der Waals surface area contributed by atoms with Crippen LogP contribution in [-0.4, -0.2) is 39.4 Å². The molecule has 0 unspecified atom stereocenters. The molecule has 3 N–H and O–H groups in total. The zero-order valence-corrected chi connectivity index (χ0v) is 10.5. The predicted octanol–water partition coefficient (Wildman–Crippen LogP) is -0.0695. The molecule has 1 aromatic heterocycles. The maximum Gasteiger partial charge on any atom is 0.251 e. The Morgan fingerprint density at radius 3 is 2.37 bits per heavy atom. The first kappa shape index (κ1) is 13.0. The number of nitrogens with zero attached hydrogens (tertiary/aromatic N) is 4. The van der Waals surface area contributed by atoms with Crippen LogP contribution in [0, 0.1) is 6.92 Å². The zero-order valence-electron chi connectivity index (χ0n) is 10.5. The van der Waals surface area contributed by atoms with Gasteiger partial charge in [0.1, 0.15) is 0 Å². The number of hydrogen-bond donors (Lipinski definition) is 2. The Bertz CT molecular complexity index is 551. The number of carbonyl (C=O) groups excluding carboxylic acids is 1. The summed E-state index contributed by atoms with van der Waals surface area (Å²) in [5, 5.41) is 18.2. The quantitative estimate of drug-likeness (QED) is 0.795. The Morgan fingerprint density at radius 2 is 1.79 bits per heavy atom. The van der Waals surface area contributed by atoms with E-state index in [2.05, 4.69) is 25.7 Å². The van der Waals surface area contributed by atoms with E-state index in [0.717, 1.165) is 5.56 Å². The molecular weight excluding hydrogens is 244 g/mol. The van der Waals surface area contributed by atoms with Gasteiger partial charge in [0.15, 0.2) is 5.82 Å². The highest BCUT2D eigenvalue weighted by Crippen LogP contribution is 2.13. The second kappa shape index (κ2) is 5.96. The summed E-state index contributed by atoms with van der Waals surface area (Å²) in [6.45, 7) is 2.59. The lowest BCUT2D eigenvalue weighted by atomic mass is 10.1. The summed E-state index contributed by atoms with van der Waals surface area (Å²) in [6, 6.07) is 6.91. The minimum absolute atomic E-state index is 0.155. The Morgan fingerprint density at radius 1 is 1.16 bits per heavy atom. The van der Waals surface area contributed by atoms with Crippen molar-refractivity contribution < 1.29 is 4.79 Å². The number of aryl methyl sites for hydroxylation is 1. The van der Waals surface area contributed by atoms with Crippen molar-refractivity contribution in [1.29, 1.82) is 0 Å². The van der Waals surface area contributed by atoms with Gasteiger partial charge in [-0.15, -0.1) is 20.4 Å². The summed E-state index contributed by atoms with van der Waals surface area (Å²) in [5.74, 6) is 0.791. The van der Waals surface area contributed by atoms with Crippen molar-refractivity contribution in [2.75, 3.05) is 13.1 Å². The van der Waals surface area contributed by atoms with Gasteiger partial charge in [0.05, 0.1) is 0 Å². The minimum Gasteiger partial charge on any atom is -0.351 e. The molecule has 7 heteroatoms. The van der Waals surface area contributed by atoms with Gasteiger partial charge in [0.2, 0.25) is 5.82 Å². The van der Waals surface area contributed by atoms with Crippen molar-refractivity contribution >= 4 is 5.91 Å². The van der Waals surface area contributed by atoms with Gasteiger partial charge in [-0.25, -0.2) is 0 Å². The fourth-order valence-electron chi connectivity index (χ4n) is 1.45. The van der Waals surface area contributed by atoms with E-state index in [4.69, 9.17) is 5.73 Å². The van der Waals surface area contributed by atoms with Crippen LogP contribution in [0.1, 0.15) is 16.2 Å². The van der Waals surface area contributed by atoms with E-state index in [1.165, 1.54) is 0 Å². The monoisotopic (exact) mass is 258 g/mol. The summed E-state index contributed by atoms with van der Waals surface area (Å²) in [6.07, 6.45) is 0. The van der Waals surface area contributed by atoms with Crippen molar-refractivity contribution in [1.82, 2.24) is 25.7 Å². The summed E-state index contributed by atoms with van der Waals surface area (Å²) in [7, 11) is 0. The summed E-state index contributed by atoms with van der Waals surface area (Å²) < 4.78 is 0. The number of benzene rings is 1. The van der Waals surface area contributed by atoms with Gasteiger partial charge >= 0.3 is 0 Å². The molecule has 0 aliphatic carbocycles. The van der Waals surface area contributed by atoms with Crippen LogP contribution in [0.25, 0.3) is 11.4 Å². The summed E-state index contributed by atoms with van der Waals surface area (Å²) >= 11 is 0. The third-order valence-corrected chi connectivity index (χ3v) is 2.41. The van der Waals surface area contributed by atoms with Gasteiger partial charge in [-0.05, 0) is 19.1 Å². The van der Waals surface area contributed by atoms with Gasteiger partial charge in [-0.3, -0.25) is 4.79 Å². The SMILES string of the molecule is Cc1nnc(-c2ccc(C(=O)NCCN)cc2)nn1. The molecular formula is C12H14N6O. The van der Waals surface area contributed by atoms with E-state index < -0.39 is 0 Å². The van der Waals surface area contributed by atoms with Gasteiger partial charge in [-0.1, -0.05) is 12.1 Å². The second-order valence-corrected chi connectivity index (χ2v) is 3.89. The molecule has 7 nitrogen and oxygen atoms in total. The molecule has 1 aromatic carbocycles. The van der Waals surface area contributed by atoms with E-state index in [9.17, 15) is 4.79 Å². The maximum absolute atomic E-state index is 11.7. The Kier molecular flexibility index (Phi) is 4.09. The second-order valence-electron chi connectivity index (χ2n) is 3.89. The fourth-order valence-corrected chi connectivity index (χ4v) is 1.45. The smallest absolute Gasteiger partial charge is 0.251 e. The lowest BCUT2D eigenvalue weighted by Gasteiger charge is -2.04. The van der Waals surface area contributed by atoms with Crippen LogP contribution in [0.15, 0.2) is 24.3 Å². The molecule has 0 fully saturated rings. The summed E-state index contributed by atoms with van der Waals surface area (Å²) in [4.78, 5) is 11.7. The Balaban J connectivity index is 2.14. The first-order valence-electron chi connectivity index (χ1n) is 5.83. The lowest BCUT2D eigenvalue weighted by Crippen LogP contribution is -2.28. The van der Waals surface area contributed by atoms with Crippen molar-refractivity contribution in [2.24, 2.45) is 5.73 Å². The molecule has 1 heterocycles. The van der Waals surface area contributed by atoms with E-state index in [-0.39, 0.29) is 5.91 Å². The molecule has 0 atom stereocenters. The first-order chi connectivity index (χ1) is 9.20. The van der Waals surface area contributed by atoms with E-state index >= 15 is 0 Å². The highest BCUT2D eigenvalue weighted by molar-refractivity contribution is 5.94. The fraction of sp³-hybridized carbons (Fsp3) is 0.250. The van der Waals surface area contributed by atoms with Crippen molar-refractivity contribution in [3.05, 3.63) is 35.7 Å². The minimum atomic E-state index is -0.155. The average molecular weight is 258 g/mol. The molecule has 0 saturated carbocycles. The van der Waals surface area contributed by atoms with Crippen molar-refractivity contribution in [3.63, 3.8) is 0 Å². The normalized spacial score (nSPS) is 10.2. The molecule has 19 heavy (non-hydrogen) atoms. The van der Waals surface area contributed by atoms with Crippen molar-refractivity contribution in [2.45, 2.75) is 6.92 Å². The topological polar surface area (TPSA) is 107 Å². The van der Waals surface area contributed by atoms with Crippen LogP contribution >= 0.6 is 0 Å². The standard InChI is InChI=1S/C12H14N6O/c1-8-15-17-11(18-16-8)9-2-4-10(5-3-9)12(19)14-7-6-13/h2-5H,6-7,13H2,1H3,(H,14,19). The van der Waals surface area contributed by atoms with E-state index in [0.29, 0.717) is 30.3 Å². The molecule has 0 bridgehead atoms. The molecule has 0 aliphatic heterocycles. The number of hydrogen-bond acceptors (Lipinski definition) is 6. The van der Waals surface area contributed by atoms with Gasteiger partial charge < -0.3 is 11.1 Å². The number of rotatable bonds is 4. The van der Waals surface area contributed by atoms with Crippen LogP contribution in [0.2, 0.25) is 0 Å². The number of carbonyl (C=O) groups is 1. The Hall–Kier alpha value is -2.41. The zero-order chi connectivity index (χ0) is 13.7. The van der Waals surface area contributed by atoms with E-state index in [1.54, 1.807) is 31.2 Å². The molecule has 2 rings (SSSR count). The number of amides is 1. The van der Waals surface area contributed by atoms with Crippen LogP contribution < -0.4 is 11.1 Å². The molecule has 0 radical (unpaired) electrons. The Labute approximate surface area is 110 Å². The molecule has 0 saturated heterocycles. The third-order valence-electron chi connectivity index (χ3n) is 2.41. The van der Waals surface area contributed by atoms with E-state index in [1.807, 2.05) is 0 Å². The maximum atomic E-state index is 11.7. The van der Waals surface area contributed by atoms with Crippen molar-refractivity contribution in [3.8, 4) is 11.4 Å². The number of nitrogens with two attached hydrogens (primary N) is 1. The molecule has 2 aromatic rings. The predicted molar refractivity (Wildman–Crippen MR) is 69.2 cm³/mol. The molecule has 0 spiro atoms. The van der Waals surface area contributed by atoms with Gasteiger partial charge in [0, 0.05) is 24.2 Å². The van der Waals surface area contributed by atoms with Gasteiger partial charge in [-0.2, -0.15) is 0 Å². The number of nitrogens with one attached hydrogen (secondary N) is 1. The van der Waals surface area contributed by atoms with Crippen LogP contribution in [-0.2, 0) is 0 Å². The highest BCUT2D eigenvalue weighted by Gasteiger charge is 2.07. The van der Waals surface area contributed by atoms with Crippen LogP contribution in [0.4, 0.5) is 0 Å². The first-order valence-corrected chi connectivity index (χ1v) is 5.83.